The Labute approximate surface area is 658 Å². The molecule has 16 N–H and O–H groups in total. The number of imidazole rings is 3. The molecule has 1 saturated carbocycles. The van der Waals surface area contributed by atoms with Gasteiger partial charge in [0.1, 0.15) is 84.6 Å². The fourth-order valence-electron chi connectivity index (χ4n) is 15.0. The number of hydrogen-bond acceptors (Lipinski definition) is 38. The molecule has 0 spiro atoms. The van der Waals surface area contributed by atoms with Crippen LogP contribution in [-0.4, -0.2) is 220 Å². The predicted octanol–water partition coefficient (Wildman–Crippen LogP) is -0.887. The average molecular weight is 1770 g/mol. The third-order valence-corrected chi connectivity index (χ3v) is 28.5. The highest BCUT2D eigenvalue weighted by Gasteiger charge is 2.70. The highest BCUT2D eigenvalue weighted by atomic mass is 32.5. The van der Waals surface area contributed by atoms with Crippen LogP contribution in [0.3, 0.4) is 0 Å². The van der Waals surface area contributed by atoms with E-state index in [4.69, 9.17) is 150 Å². The molecule has 10 unspecified atom stereocenters. The monoisotopic (exact) mass is 1770 g/mol. The van der Waals surface area contributed by atoms with Crippen molar-refractivity contribution in [3.8, 4) is 0 Å². The molecule has 113 heavy (non-hydrogen) atoms. The van der Waals surface area contributed by atoms with E-state index in [0.717, 1.165) is 16.2 Å². The van der Waals surface area contributed by atoms with Gasteiger partial charge in [0.2, 0.25) is 11.9 Å². The minimum Gasteiger partial charge on any atom is -0.393 e. The number of aryl methyl sites for hydroxylation is 2. The Hall–Kier alpha value is -5.62. The number of aliphatic hydroxyl groups is 1. The van der Waals surface area contributed by atoms with Gasteiger partial charge in [-0.1, -0.05) is 6.92 Å². The van der Waals surface area contributed by atoms with Crippen LogP contribution in [0.2, 0.25) is 0 Å². The van der Waals surface area contributed by atoms with Gasteiger partial charge in [-0.3, -0.25) is 66.5 Å². The molecule has 6 aliphatic heterocycles. The number of fused-ring (bicyclic) bond motifs is 7. The van der Waals surface area contributed by atoms with Crippen molar-refractivity contribution in [1.82, 2.24) is 77.7 Å². The summed E-state index contributed by atoms with van der Waals surface area (Å²) >= 11 is 27.9. The third kappa shape index (κ3) is 16.0. The molecule has 8 aromatic heterocycles. The maximum absolute atomic E-state index is 13.5. The zero-order valence-electron chi connectivity index (χ0n) is 59.2. The fourth-order valence-corrected chi connectivity index (χ4v) is 21.9. The Bertz CT molecular complexity index is 5720. The Morgan fingerprint density at radius 2 is 0.965 bits per heavy atom. The molecule has 4 bridgehead atoms. The Morgan fingerprint density at radius 1 is 0.522 bits per heavy atom. The second-order valence-electron chi connectivity index (χ2n) is 27.5. The normalized spacial score (nSPS) is 32.9. The number of anilines is 3. The number of aliphatic hydroxyl groups excluding tert-OH is 1. The molecular weight excluding hydrogens is 1700 g/mol. The number of ether oxygens (including phenoxy) is 6. The van der Waals surface area contributed by atoms with Crippen molar-refractivity contribution >= 4 is 144 Å². The summed E-state index contributed by atoms with van der Waals surface area (Å²) in [5, 5.41) is 11.0. The van der Waals surface area contributed by atoms with Crippen LogP contribution in [0, 0.1) is 25.7 Å². The van der Waals surface area contributed by atoms with Crippen molar-refractivity contribution < 1.29 is 103 Å². The molecule has 614 valence electrons. The van der Waals surface area contributed by atoms with Gasteiger partial charge < -0.3 is 116 Å². The number of aromatic nitrogens is 16. The summed E-state index contributed by atoms with van der Waals surface area (Å²) < 4.78 is 105. The van der Waals surface area contributed by atoms with Crippen LogP contribution in [0.5, 0.6) is 0 Å². The van der Waals surface area contributed by atoms with Crippen molar-refractivity contribution in [2.45, 2.75) is 157 Å². The van der Waals surface area contributed by atoms with E-state index in [1.54, 1.807) is 13.8 Å². The second kappa shape index (κ2) is 30.9. The summed E-state index contributed by atoms with van der Waals surface area (Å²) in [7, 11) is 1.12. The van der Waals surface area contributed by atoms with Crippen molar-refractivity contribution in [3.63, 3.8) is 0 Å². The van der Waals surface area contributed by atoms with Gasteiger partial charge >= 0.3 is 45.0 Å². The van der Waals surface area contributed by atoms with E-state index in [9.17, 15) is 58.3 Å². The minimum absolute atomic E-state index is 0.0179. The molecule has 1 aliphatic carbocycles. The third-order valence-electron chi connectivity index (χ3n) is 20.5. The van der Waals surface area contributed by atoms with E-state index < -0.39 is 215 Å². The summed E-state index contributed by atoms with van der Waals surface area (Å²) in [6, 6.07) is 0. The number of hydrogen-bond donors (Lipinski definition) is 13. The van der Waals surface area contributed by atoms with Gasteiger partial charge in [0, 0.05) is 55.8 Å². The molecule has 7 aliphatic rings. The van der Waals surface area contributed by atoms with Gasteiger partial charge in [0.25, 0.3) is 22.2 Å². The van der Waals surface area contributed by atoms with Gasteiger partial charge in [-0.15, -0.1) is 0 Å². The standard InChI is InChI=1S/C56H72N19O28P5S5/c1-21-10-71(53(81)69-45(21)77)32-7-27(100-105(84,110)89-12-29-26(99-104(83,109)88-5)9-34(96-29)73-18-63-36-43(73)65-51(58)67-47(36)79)30(94-32)13-90-106(85,111)101-28-8-33(72-11-22(2)46(78)70-54(72)82)95-31(28)14-91-107(86,112)102-39-25-6-23(3)56(39,97-49(25)75-20-64-37-44(75)66-52(59)68-48(37)80)16-92-108(87,113)103-40-38-50(98-55(40,15-76)24(4)93-38)74-19-62-35-41(57)60-17-61-42(35)74/h10-11,17-20,23-34,38-40,49-50,76H,6-9,12-16H2,1-5H3,(H,83,109)(H,84,110)(H,85,111)(H,86,112)(H,87,113)(H2,57,60,61)(H,69,77,81)(H,70,78,82)(H3,58,65,67,79)(H3,59,66,68,80)/t23-,24+,25+,26?,27?,28?,29-,30-,31-,32-,33-,34-,38+,39?,40?,49-,50-,55+,56+,104?,105?,106?,107?,108?/m1/s1. The molecule has 0 aromatic carbocycles. The molecule has 24 atom stereocenters. The SMILES string of the molecule is COP(O)(=S)OC1C[C@H](n2cnc3c(=O)[nH]c(N)nc32)O[C@@H]1COP(O)(=S)OC1C[C@H](n2cc(C)c(=O)[nH]c2=O)O[C@@H]1COP(O)(=S)OC1C[C@H](n2cc(C)c(=O)[nH]c2=O)O[C@@H]1COP(O)(=S)OC1[C@@H]2C[C@@H](C)[C@]1(COP(O)(=S)OC1[C@@H]3O[C@@H](C)[C@]1(CO)O[C@H]3n1cnc3c(N)ncnc31)O[C@H]2n1cnc2c(=O)[nH]c(N)nc21. The first-order valence-electron chi connectivity index (χ1n) is 34.1. The van der Waals surface area contributed by atoms with E-state index >= 15 is 0 Å². The Balaban J connectivity index is 0.667. The zero-order chi connectivity index (χ0) is 80.7. The van der Waals surface area contributed by atoms with Gasteiger partial charge in [-0.05, 0) is 92.1 Å². The first-order valence-corrected chi connectivity index (χ1v) is 47.0. The van der Waals surface area contributed by atoms with E-state index in [0.29, 0.717) is 0 Å². The molecular formula is C56H72N19O28P5S5. The van der Waals surface area contributed by atoms with Crippen molar-refractivity contribution in [3.05, 3.63) is 111 Å². The van der Waals surface area contributed by atoms with Gasteiger partial charge in [-0.25, -0.2) is 34.5 Å². The summed E-state index contributed by atoms with van der Waals surface area (Å²) in [6.07, 6.45) is -11.7. The highest BCUT2D eigenvalue weighted by Crippen LogP contribution is 2.65. The number of rotatable bonds is 29. The summed E-state index contributed by atoms with van der Waals surface area (Å²) in [4.78, 5) is 176. The molecule has 7 fully saturated rings. The molecule has 15 rings (SSSR count). The molecule has 47 nitrogen and oxygen atoms in total. The molecule has 8 aromatic rings. The van der Waals surface area contributed by atoms with Crippen molar-refractivity contribution in [1.29, 1.82) is 0 Å². The highest BCUT2D eigenvalue weighted by molar-refractivity contribution is 8.08. The summed E-state index contributed by atoms with van der Waals surface area (Å²) in [5.41, 5.74) is 10.4. The topological polar surface area (TPSA) is 628 Å². The maximum Gasteiger partial charge on any atom is 0.330 e. The lowest BCUT2D eigenvalue weighted by molar-refractivity contribution is -0.216. The average Bonchev–Trinajstić information content (AvgIpc) is 1.55. The maximum atomic E-state index is 13.5. The van der Waals surface area contributed by atoms with Crippen LogP contribution < -0.4 is 50.8 Å². The van der Waals surface area contributed by atoms with Crippen LogP contribution in [0.25, 0.3) is 33.5 Å². The van der Waals surface area contributed by atoms with Crippen molar-refractivity contribution in [2.24, 2.45) is 11.8 Å². The number of nitrogens with two attached hydrogens (primary N) is 3. The van der Waals surface area contributed by atoms with E-state index in [1.807, 2.05) is 0 Å². The van der Waals surface area contributed by atoms with Crippen LogP contribution in [0.4, 0.5) is 17.7 Å². The van der Waals surface area contributed by atoms with Crippen LogP contribution in [0.1, 0.15) is 81.8 Å². The van der Waals surface area contributed by atoms with E-state index in [-0.39, 0.29) is 88.0 Å². The second-order valence-corrected chi connectivity index (χ2v) is 41.5. The largest absolute Gasteiger partial charge is 0.393 e. The number of aromatic amines is 4. The number of H-pyrrole nitrogens is 4. The molecule has 0 radical (unpaired) electrons. The smallest absolute Gasteiger partial charge is 0.330 e. The molecule has 0 amide bonds. The van der Waals surface area contributed by atoms with E-state index in [2.05, 4.69) is 54.8 Å². The summed E-state index contributed by atoms with van der Waals surface area (Å²) in [6.45, 7) is -19.7. The van der Waals surface area contributed by atoms with Gasteiger partial charge in [-0.2, -0.15) is 9.97 Å². The molecule has 14 heterocycles. The van der Waals surface area contributed by atoms with Crippen LogP contribution >= 0.6 is 33.6 Å². The predicted molar refractivity (Wildman–Crippen MR) is 405 cm³/mol. The fraction of sp³-hybridized carbons (Fsp3) is 0.589. The van der Waals surface area contributed by atoms with E-state index in [1.165, 1.54) is 65.3 Å². The Kier molecular flexibility index (Phi) is 22.6. The minimum atomic E-state index is -4.71. The number of nitrogen functional groups attached to an aromatic ring is 3. The number of nitrogens with one attached hydrogen (secondary N) is 4. The lowest BCUT2D eigenvalue weighted by atomic mass is 9.92. The lowest BCUT2D eigenvalue weighted by Gasteiger charge is -2.38. The van der Waals surface area contributed by atoms with Crippen molar-refractivity contribution in [2.75, 3.05) is 57.3 Å². The van der Waals surface area contributed by atoms with Crippen LogP contribution in [-0.2, 0) is 133 Å². The summed E-state index contributed by atoms with van der Waals surface area (Å²) in [5.74, 6) is -1.89. The first kappa shape index (κ1) is 82.5. The van der Waals surface area contributed by atoms with Crippen LogP contribution in [0.15, 0.2) is 66.5 Å². The Morgan fingerprint density at radius 3 is 1.48 bits per heavy atom. The first-order chi connectivity index (χ1) is 53.3. The lowest BCUT2D eigenvalue weighted by Crippen LogP contribution is -2.50. The molecule has 57 heteroatoms. The molecule has 6 saturated heterocycles. The number of nitrogens with zero attached hydrogens (tertiary/aromatic N) is 12. The van der Waals surface area contributed by atoms with Gasteiger partial charge in [0.15, 0.2) is 40.0 Å². The quantitative estimate of drug-likeness (QED) is 0.0253. The zero-order valence-corrected chi connectivity index (χ0v) is 67.7. The van der Waals surface area contributed by atoms with Gasteiger partial charge in [0.05, 0.1) is 76.4 Å².